The molecule has 7 nitrogen and oxygen atoms in total. The second-order valence-electron chi connectivity index (χ2n) is 8.74. The average Bonchev–Trinajstić information content (AvgIpc) is 3.46. The Morgan fingerprint density at radius 3 is 2.91 bits per heavy atom. The minimum Gasteiger partial charge on any atom is -0.352 e. The molecule has 5 rings (SSSR count). The zero-order valence-corrected chi connectivity index (χ0v) is 19.8. The second-order valence-corrected chi connectivity index (χ2v) is 9.77. The topological polar surface area (TPSA) is 91.4 Å². The Bertz CT molecular complexity index is 1250. The van der Waals surface area contributed by atoms with E-state index in [2.05, 4.69) is 15.6 Å². The van der Waals surface area contributed by atoms with Crippen molar-refractivity contribution in [3.05, 3.63) is 86.4 Å². The molecule has 2 aliphatic heterocycles. The van der Waals surface area contributed by atoms with Crippen LogP contribution in [0.5, 0.6) is 0 Å². The maximum Gasteiger partial charge on any atom is 0.252 e. The third-order valence-corrected chi connectivity index (χ3v) is 7.47. The number of pyridine rings is 1. The van der Waals surface area contributed by atoms with Crippen LogP contribution in [-0.2, 0) is 35.5 Å². The first-order valence-corrected chi connectivity index (χ1v) is 12.3. The second kappa shape index (κ2) is 9.38. The standard InChI is InChI=1S/C26H26N4O3S/c1-16-22(14-28-24(31)11-18-5-4-10-34-18)19-8-9-30(15-17(19)13-27-16)25(32)12-23-20-6-2-3-7-21(20)26(33)29-23/h2-7,10,13,23H,8-9,11-12,14-15H2,1H3,(H,28,31)(H,29,33)/t23-/m0/s1. The van der Waals surface area contributed by atoms with E-state index in [1.165, 1.54) is 5.56 Å². The fraction of sp³-hybridized carbons (Fsp3) is 0.308. The van der Waals surface area contributed by atoms with Crippen LogP contribution in [0.15, 0.2) is 48.0 Å². The molecule has 2 N–H and O–H groups in total. The number of thiophene rings is 1. The highest BCUT2D eigenvalue weighted by molar-refractivity contribution is 7.10. The fourth-order valence-electron chi connectivity index (χ4n) is 4.78. The van der Waals surface area contributed by atoms with E-state index in [0.29, 0.717) is 38.0 Å². The maximum absolute atomic E-state index is 13.1. The molecule has 0 fully saturated rings. The smallest absolute Gasteiger partial charge is 0.252 e. The molecule has 1 aromatic carbocycles. The molecular weight excluding hydrogens is 448 g/mol. The number of amides is 3. The normalized spacial score (nSPS) is 16.6. The van der Waals surface area contributed by atoms with Crippen LogP contribution < -0.4 is 10.6 Å². The Hall–Kier alpha value is -3.52. The first kappa shape index (κ1) is 22.3. The van der Waals surface area contributed by atoms with Crippen molar-refractivity contribution < 1.29 is 14.4 Å². The van der Waals surface area contributed by atoms with Gasteiger partial charge in [-0.1, -0.05) is 24.3 Å². The summed E-state index contributed by atoms with van der Waals surface area (Å²) in [7, 11) is 0. The first-order chi connectivity index (χ1) is 16.5. The number of rotatable bonds is 6. The van der Waals surface area contributed by atoms with Crippen LogP contribution in [0.1, 0.15) is 55.6 Å². The van der Waals surface area contributed by atoms with Gasteiger partial charge < -0.3 is 15.5 Å². The fourth-order valence-corrected chi connectivity index (χ4v) is 5.48. The van der Waals surface area contributed by atoms with Gasteiger partial charge in [-0.25, -0.2) is 0 Å². The summed E-state index contributed by atoms with van der Waals surface area (Å²) in [5.74, 6) is -0.118. The summed E-state index contributed by atoms with van der Waals surface area (Å²) in [6, 6.07) is 11.0. The highest BCUT2D eigenvalue weighted by atomic mass is 32.1. The summed E-state index contributed by atoms with van der Waals surface area (Å²) in [6.45, 7) is 3.48. The molecule has 0 aliphatic carbocycles. The van der Waals surface area contributed by atoms with Gasteiger partial charge in [-0.15, -0.1) is 11.3 Å². The van der Waals surface area contributed by atoms with Crippen LogP contribution in [0, 0.1) is 6.92 Å². The van der Waals surface area contributed by atoms with Crippen LogP contribution in [0.25, 0.3) is 0 Å². The van der Waals surface area contributed by atoms with Crippen molar-refractivity contribution in [3.8, 4) is 0 Å². The third kappa shape index (κ3) is 4.46. The number of carbonyl (C=O) groups excluding carboxylic acids is 3. The zero-order valence-electron chi connectivity index (χ0n) is 19.0. The lowest BCUT2D eigenvalue weighted by atomic mass is 9.94. The molecule has 0 spiro atoms. The Balaban J connectivity index is 1.24. The first-order valence-electron chi connectivity index (χ1n) is 11.4. The Kier molecular flexibility index (Phi) is 6.15. The SMILES string of the molecule is Cc1ncc2c(c1CNC(=O)Cc1cccs1)CCN(C(=O)C[C@@H]1NC(=O)c3ccccc31)C2. The van der Waals surface area contributed by atoms with Crippen molar-refractivity contribution in [2.45, 2.75) is 45.3 Å². The van der Waals surface area contributed by atoms with Crippen molar-refractivity contribution in [1.29, 1.82) is 0 Å². The van der Waals surface area contributed by atoms with Crippen molar-refractivity contribution in [1.82, 2.24) is 20.5 Å². The highest BCUT2D eigenvalue weighted by Gasteiger charge is 2.32. The van der Waals surface area contributed by atoms with E-state index >= 15 is 0 Å². The largest absolute Gasteiger partial charge is 0.352 e. The minimum atomic E-state index is -0.289. The summed E-state index contributed by atoms with van der Waals surface area (Å²) >= 11 is 1.58. The Morgan fingerprint density at radius 2 is 2.09 bits per heavy atom. The predicted molar refractivity (Wildman–Crippen MR) is 129 cm³/mol. The average molecular weight is 475 g/mol. The molecule has 3 amide bonds. The minimum absolute atomic E-state index is 0.00837. The lowest BCUT2D eigenvalue weighted by molar-refractivity contribution is -0.132. The van der Waals surface area contributed by atoms with Gasteiger partial charge in [0.15, 0.2) is 0 Å². The van der Waals surface area contributed by atoms with E-state index in [0.717, 1.165) is 27.3 Å². The number of nitrogens with zero attached hydrogens (tertiary/aromatic N) is 2. The summed E-state index contributed by atoms with van der Waals surface area (Å²) in [4.78, 5) is 45.1. The van der Waals surface area contributed by atoms with Crippen molar-refractivity contribution in [2.75, 3.05) is 6.54 Å². The van der Waals surface area contributed by atoms with Crippen LogP contribution in [-0.4, -0.2) is 34.2 Å². The van der Waals surface area contributed by atoms with E-state index in [9.17, 15) is 14.4 Å². The molecular formula is C26H26N4O3S. The van der Waals surface area contributed by atoms with Gasteiger partial charge in [-0.3, -0.25) is 19.4 Å². The number of fused-ring (bicyclic) bond motifs is 2. The number of nitrogens with one attached hydrogen (secondary N) is 2. The molecule has 0 saturated carbocycles. The Morgan fingerprint density at radius 1 is 1.24 bits per heavy atom. The van der Waals surface area contributed by atoms with Gasteiger partial charge in [0.25, 0.3) is 5.91 Å². The predicted octanol–water partition coefficient (Wildman–Crippen LogP) is 3.07. The summed E-state index contributed by atoms with van der Waals surface area (Å²) in [5, 5.41) is 7.93. The molecule has 0 saturated heterocycles. The molecule has 0 radical (unpaired) electrons. The van der Waals surface area contributed by atoms with E-state index in [1.54, 1.807) is 17.4 Å². The molecule has 4 heterocycles. The van der Waals surface area contributed by atoms with E-state index in [4.69, 9.17) is 0 Å². The molecule has 0 unspecified atom stereocenters. The summed E-state index contributed by atoms with van der Waals surface area (Å²) in [6.07, 6.45) is 3.17. The number of aromatic nitrogens is 1. The van der Waals surface area contributed by atoms with Crippen LogP contribution in [0.2, 0.25) is 0 Å². The van der Waals surface area contributed by atoms with Crippen molar-refractivity contribution in [3.63, 3.8) is 0 Å². The molecule has 0 bridgehead atoms. The monoisotopic (exact) mass is 474 g/mol. The molecule has 174 valence electrons. The van der Waals surface area contributed by atoms with Gasteiger partial charge in [0.05, 0.1) is 18.9 Å². The molecule has 8 heteroatoms. The van der Waals surface area contributed by atoms with E-state index in [1.807, 2.05) is 53.7 Å². The lowest BCUT2D eigenvalue weighted by Crippen LogP contribution is -2.38. The van der Waals surface area contributed by atoms with Crippen molar-refractivity contribution in [2.24, 2.45) is 0 Å². The van der Waals surface area contributed by atoms with Gasteiger partial charge in [0.1, 0.15) is 0 Å². The van der Waals surface area contributed by atoms with E-state index in [-0.39, 0.29) is 30.2 Å². The van der Waals surface area contributed by atoms with Gasteiger partial charge in [-0.2, -0.15) is 0 Å². The third-order valence-electron chi connectivity index (χ3n) is 6.59. The molecule has 1 atom stereocenters. The quantitative estimate of drug-likeness (QED) is 0.575. The van der Waals surface area contributed by atoms with E-state index < -0.39 is 0 Å². The van der Waals surface area contributed by atoms with Gasteiger partial charge in [0, 0.05) is 42.0 Å². The Labute approximate surface area is 202 Å². The number of carbonyl (C=O) groups is 3. The van der Waals surface area contributed by atoms with Gasteiger partial charge >= 0.3 is 0 Å². The van der Waals surface area contributed by atoms with Gasteiger partial charge in [0.2, 0.25) is 11.8 Å². The molecule has 2 aromatic heterocycles. The van der Waals surface area contributed by atoms with Crippen LogP contribution in [0.4, 0.5) is 0 Å². The molecule has 3 aromatic rings. The number of hydrogen-bond acceptors (Lipinski definition) is 5. The lowest BCUT2D eigenvalue weighted by Gasteiger charge is -2.31. The zero-order chi connectivity index (χ0) is 23.7. The number of aryl methyl sites for hydroxylation is 1. The van der Waals surface area contributed by atoms with Crippen LogP contribution >= 0.6 is 11.3 Å². The number of hydrogen-bond donors (Lipinski definition) is 2. The molecule has 34 heavy (non-hydrogen) atoms. The number of benzene rings is 1. The van der Waals surface area contributed by atoms with Gasteiger partial charge in [-0.05, 0) is 53.1 Å². The summed E-state index contributed by atoms with van der Waals surface area (Å²) < 4.78 is 0. The summed E-state index contributed by atoms with van der Waals surface area (Å²) in [5.41, 5.74) is 5.67. The molecule has 2 aliphatic rings. The van der Waals surface area contributed by atoms with Crippen molar-refractivity contribution >= 4 is 29.1 Å². The maximum atomic E-state index is 13.1. The van der Waals surface area contributed by atoms with Crippen LogP contribution in [0.3, 0.4) is 0 Å². The highest BCUT2D eigenvalue weighted by Crippen LogP contribution is 2.30.